The molecule has 1 aliphatic heterocycles. The molecule has 0 saturated carbocycles. The van der Waals surface area contributed by atoms with Crippen LogP contribution in [0, 0.1) is 5.41 Å². The van der Waals surface area contributed by atoms with E-state index in [1.54, 1.807) is 5.06 Å². The third-order valence-corrected chi connectivity index (χ3v) is 2.08. The summed E-state index contributed by atoms with van der Waals surface area (Å²) in [6.45, 7) is 7.14. The first-order chi connectivity index (χ1) is 5.93. The molecule has 0 bridgehead atoms. The summed E-state index contributed by atoms with van der Waals surface area (Å²) in [5.41, 5.74) is -0.412. The fourth-order valence-corrected chi connectivity index (χ4v) is 0.949. The number of nitrogens with one attached hydrogen (secondary N) is 1. The molecule has 0 radical (unpaired) electrons. The molecule has 76 valence electrons. The number of rotatable bonds is 2. The summed E-state index contributed by atoms with van der Waals surface area (Å²) in [4.78, 5) is 16.5. The summed E-state index contributed by atoms with van der Waals surface area (Å²) < 4.78 is 0. The molecule has 0 aliphatic carbocycles. The van der Waals surface area contributed by atoms with E-state index in [9.17, 15) is 4.79 Å². The topological polar surface area (TPSA) is 41.6 Å². The van der Waals surface area contributed by atoms with E-state index in [1.165, 1.54) is 0 Å². The summed E-state index contributed by atoms with van der Waals surface area (Å²) in [6, 6.07) is 0.466. The maximum absolute atomic E-state index is 11.4. The quantitative estimate of drug-likeness (QED) is 0.677. The molecular weight excluding hydrogens is 168 g/mol. The Labute approximate surface area is 79.2 Å². The number of hydrogen-bond donors (Lipinski definition) is 1. The Hall–Kier alpha value is -0.610. The van der Waals surface area contributed by atoms with Crippen molar-refractivity contribution < 1.29 is 9.63 Å². The Morgan fingerprint density at radius 2 is 2.00 bits per heavy atom. The van der Waals surface area contributed by atoms with Crippen molar-refractivity contribution in [1.29, 1.82) is 0 Å². The molecule has 0 spiro atoms. The van der Waals surface area contributed by atoms with Crippen molar-refractivity contribution in [1.82, 2.24) is 10.4 Å². The first kappa shape index (κ1) is 10.5. The Balaban J connectivity index is 2.25. The van der Waals surface area contributed by atoms with Gasteiger partial charge < -0.3 is 10.2 Å². The van der Waals surface area contributed by atoms with E-state index in [-0.39, 0.29) is 5.97 Å². The molecule has 0 unspecified atom stereocenters. The van der Waals surface area contributed by atoms with Crippen LogP contribution in [0.25, 0.3) is 0 Å². The Kier molecular flexibility index (Phi) is 2.93. The predicted octanol–water partition coefficient (Wildman–Crippen LogP) is 0.394. The van der Waals surface area contributed by atoms with Crippen molar-refractivity contribution in [3.8, 4) is 0 Å². The normalized spacial score (nSPS) is 19.7. The van der Waals surface area contributed by atoms with Gasteiger partial charge in [-0.1, -0.05) is 0 Å². The number of hydrogen-bond acceptors (Lipinski definition) is 4. The maximum atomic E-state index is 11.4. The van der Waals surface area contributed by atoms with E-state index >= 15 is 0 Å². The van der Waals surface area contributed by atoms with E-state index in [2.05, 4.69) is 5.32 Å². The third-order valence-electron chi connectivity index (χ3n) is 2.08. The minimum Gasteiger partial charge on any atom is -0.367 e. The van der Waals surface area contributed by atoms with Crippen LogP contribution in [-0.2, 0) is 9.63 Å². The molecule has 1 fully saturated rings. The second-order valence-electron chi connectivity index (χ2n) is 4.46. The van der Waals surface area contributed by atoms with E-state index in [0.29, 0.717) is 6.04 Å². The van der Waals surface area contributed by atoms with Gasteiger partial charge in [-0.15, -0.1) is 5.06 Å². The zero-order valence-electron chi connectivity index (χ0n) is 8.76. The van der Waals surface area contributed by atoms with Crippen molar-refractivity contribution >= 4 is 5.97 Å². The summed E-state index contributed by atoms with van der Waals surface area (Å²) >= 11 is 0. The van der Waals surface area contributed by atoms with Crippen LogP contribution in [0.1, 0.15) is 20.8 Å². The Bertz CT molecular complexity index is 192. The van der Waals surface area contributed by atoms with Crippen LogP contribution >= 0.6 is 0 Å². The smallest absolute Gasteiger partial charge is 0.330 e. The van der Waals surface area contributed by atoms with Crippen LogP contribution in [0.15, 0.2) is 0 Å². The van der Waals surface area contributed by atoms with Crippen LogP contribution in [-0.4, -0.2) is 37.2 Å². The predicted molar refractivity (Wildman–Crippen MR) is 50.0 cm³/mol. The Morgan fingerprint density at radius 1 is 1.46 bits per heavy atom. The fourth-order valence-electron chi connectivity index (χ4n) is 0.949. The molecule has 13 heavy (non-hydrogen) atoms. The second kappa shape index (κ2) is 3.64. The van der Waals surface area contributed by atoms with Gasteiger partial charge in [0.2, 0.25) is 0 Å². The van der Waals surface area contributed by atoms with E-state index in [0.717, 1.165) is 13.1 Å². The molecule has 0 aromatic heterocycles. The first-order valence-corrected chi connectivity index (χ1v) is 4.58. The van der Waals surface area contributed by atoms with Crippen molar-refractivity contribution in [3.63, 3.8) is 0 Å². The SMILES string of the molecule is CNC1CN(OC(=O)C(C)(C)C)C1. The number of carbonyl (C=O) groups excluding carboxylic acids is 1. The molecule has 0 atom stereocenters. The van der Waals surface area contributed by atoms with Crippen molar-refractivity contribution in [2.75, 3.05) is 20.1 Å². The molecule has 1 saturated heterocycles. The Morgan fingerprint density at radius 3 is 2.38 bits per heavy atom. The number of nitrogens with zero attached hydrogens (tertiary/aromatic N) is 1. The van der Waals surface area contributed by atoms with Crippen molar-refractivity contribution in [2.45, 2.75) is 26.8 Å². The number of likely N-dealkylation sites (N-methyl/N-ethyl adjacent to an activating group) is 1. The molecule has 0 aromatic carbocycles. The third kappa shape index (κ3) is 2.67. The second-order valence-corrected chi connectivity index (χ2v) is 4.46. The number of hydroxylamine groups is 2. The van der Waals surface area contributed by atoms with Gasteiger partial charge in [0.05, 0.1) is 18.5 Å². The molecule has 1 rings (SSSR count). The zero-order valence-corrected chi connectivity index (χ0v) is 8.76. The summed E-state index contributed by atoms with van der Waals surface area (Å²) in [7, 11) is 1.91. The zero-order chi connectivity index (χ0) is 10.1. The van der Waals surface area contributed by atoms with Gasteiger partial charge in [-0.3, -0.25) is 0 Å². The standard InChI is InChI=1S/C9H18N2O2/c1-9(2,3)8(12)13-11-5-7(6-11)10-4/h7,10H,5-6H2,1-4H3. The lowest BCUT2D eigenvalue weighted by molar-refractivity contribution is -0.221. The molecule has 1 N–H and O–H groups in total. The van der Waals surface area contributed by atoms with Crippen LogP contribution in [0.5, 0.6) is 0 Å². The highest BCUT2D eigenvalue weighted by Crippen LogP contribution is 2.18. The molecule has 0 aromatic rings. The average molecular weight is 186 g/mol. The van der Waals surface area contributed by atoms with E-state index in [4.69, 9.17) is 4.84 Å². The highest BCUT2D eigenvalue weighted by atomic mass is 16.7. The lowest BCUT2D eigenvalue weighted by atomic mass is 9.98. The van der Waals surface area contributed by atoms with Gasteiger partial charge in [-0.25, -0.2) is 4.79 Å². The van der Waals surface area contributed by atoms with Gasteiger partial charge in [-0.05, 0) is 27.8 Å². The monoisotopic (exact) mass is 186 g/mol. The van der Waals surface area contributed by atoms with E-state index in [1.807, 2.05) is 27.8 Å². The fraction of sp³-hybridized carbons (Fsp3) is 0.889. The van der Waals surface area contributed by atoms with Gasteiger partial charge in [0, 0.05) is 6.04 Å². The van der Waals surface area contributed by atoms with Crippen LogP contribution in [0.2, 0.25) is 0 Å². The van der Waals surface area contributed by atoms with Gasteiger partial charge in [0.25, 0.3) is 0 Å². The lowest BCUT2D eigenvalue weighted by Crippen LogP contribution is -2.57. The minimum atomic E-state index is -0.412. The van der Waals surface area contributed by atoms with Crippen molar-refractivity contribution in [3.05, 3.63) is 0 Å². The first-order valence-electron chi connectivity index (χ1n) is 4.58. The van der Waals surface area contributed by atoms with Gasteiger partial charge in [0.1, 0.15) is 0 Å². The molecule has 1 heterocycles. The van der Waals surface area contributed by atoms with Gasteiger partial charge in [-0.2, -0.15) is 0 Å². The molecule has 0 amide bonds. The summed E-state index contributed by atoms with van der Waals surface area (Å²) in [5.74, 6) is -0.165. The van der Waals surface area contributed by atoms with Crippen LogP contribution in [0.4, 0.5) is 0 Å². The number of carbonyl (C=O) groups is 1. The molecule has 4 nitrogen and oxygen atoms in total. The van der Waals surface area contributed by atoms with Gasteiger partial charge >= 0.3 is 5.97 Å². The summed E-state index contributed by atoms with van der Waals surface area (Å²) in [5, 5.41) is 4.80. The highest BCUT2D eigenvalue weighted by Gasteiger charge is 2.32. The largest absolute Gasteiger partial charge is 0.367 e. The van der Waals surface area contributed by atoms with E-state index < -0.39 is 5.41 Å². The maximum Gasteiger partial charge on any atom is 0.330 e. The molecule has 4 heteroatoms. The highest BCUT2D eigenvalue weighted by molar-refractivity contribution is 5.75. The molecular formula is C9H18N2O2. The molecule has 1 aliphatic rings. The summed E-state index contributed by atoms with van der Waals surface area (Å²) in [6.07, 6.45) is 0. The minimum absolute atomic E-state index is 0.165. The lowest BCUT2D eigenvalue weighted by Gasteiger charge is -2.37. The van der Waals surface area contributed by atoms with Crippen molar-refractivity contribution in [2.24, 2.45) is 5.41 Å². The van der Waals surface area contributed by atoms with Crippen LogP contribution < -0.4 is 5.32 Å². The van der Waals surface area contributed by atoms with Crippen LogP contribution in [0.3, 0.4) is 0 Å². The average Bonchev–Trinajstić information content (AvgIpc) is 1.93. The van der Waals surface area contributed by atoms with Gasteiger partial charge in [0.15, 0.2) is 0 Å².